The number of nitrogens with zero attached hydrogens (tertiary/aromatic N) is 1. The first-order valence-electron chi connectivity index (χ1n) is 9.16. The van der Waals surface area contributed by atoms with E-state index in [0.717, 1.165) is 0 Å². The van der Waals surface area contributed by atoms with Crippen molar-refractivity contribution in [3.05, 3.63) is 59.7 Å². The largest absolute Gasteiger partial charge is 0.483 e. The molecule has 2 aromatic carbocycles. The summed E-state index contributed by atoms with van der Waals surface area (Å²) in [6, 6.07) is 13.3. The number of nitrogens with one attached hydrogen (secondary N) is 1. The molecule has 8 heteroatoms. The number of amides is 2. The first kappa shape index (κ1) is 20.3. The molecule has 2 aromatic rings. The van der Waals surface area contributed by atoms with E-state index in [0.29, 0.717) is 43.3 Å². The molecule has 0 saturated carbocycles. The van der Waals surface area contributed by atoms with E-state index < -0.39 is 11.9 Å². The predicted molar refractivity (Wildman–Crippen MR) is 105 cm³/mol. The van der Waals surface area contributed by atoms with Crippen LogP contribution >= 0.6 is 0 Å². The number of rotatable bonds is 6. The lowest BCUT2D eigenvalue weighted by atomic mass is 10.1. The first-order valence-corrected chi connectivity index (χ1v) is 9.16. The number of methoxy groups -OCH3 is 1. The van der Waals surface area contributed by atoms with Crippen molar-refractivity contribution < 1.29 is 28.6 Å². The maximum atomic E-state index is 12.7. The number of benzene rings is 2. The Morgan fingerprint density at radius 2 is 1.66 bits per heavy atom. The Bertz CT molecular complexity index is 892. The molecule has 3 rings (SSSR count). The lowest BCUT2D eigenvalue weighted by Crippen LogP contribution is -2.40. The van der Waals surface area contributed by atoms with Gasteiger partial charge < -0.3 is 24.4 Å². The molecule has 0 bridgehead atoms. The minimum Gasteiger partial charge on any atom is -0.483 e. The van der Waals surface area contributed by atoms with E-state index in [9.17, 15) is 14.4 Å². The van der Waals surface area contributed by atoms with Crippen LogP contribution in [0, 0.1) is 0 Å². The number of morpholine rings is 1. The average Bonchev–Trinajstić information content (AvgIpc) is 2.78. The monoisotopic (exact) mass is 398 g/mol. The molecule has 0 spiro atoms. The quantitative estimate of drug-likeness (QED) is 0.748. The molecule has 8 nitrogen and oxygen atoms in total. The second kappa shape index (κ2) is 9.70. The van der Waals surface area contributed by atoms with Crippen molar-refractivity contribution in [1.82, 2.24) is 4.90 Å². The number of carbonyl (C=O) groups excluding carboxylic acids is 3. The van der Waals surface area contributed by atoms with Gasteiger partial charge >= 0.3 is 5.97 Å². The van der Waals surface area contributed by atoms with Crippen LogP contribution in [0.1, 0.15) is 20.7 Å². The van der Waals surface area contributed by atoms with Crippen molar-refractivity contribution in [1.29, 1.82) is 0 Å². The summed E-state index contributed by atoms with van der Waals surface area (Å²) >= 11 is 0. The van der Waals surface area contributed by atoms with Gasteiger partial charge in [0.1, 0.15) is 5.75 Å². The van der Waals surface area contributed by atoms with Crippen molar-refractivity contribution in [3.63, 3.8) is 0 Å². The molecule has 1 N–H and O–H groups in total. The SMILES string of the molecule is COC(=O)c1ccccc1NC(=O)COc1ccccc1C(=O)N1CCOCC1. The number of ether oxygens (including phenoxy) is 3. The number of hydrogen-bond donors (Lipinski definition) is 1. The maximum Gasteiger partial charge on any atom is 0.339 e. The summed E-state index contributed by atoms with van der Waals surface area (Å²) in [5.41, 5.74) is 0.953. The molecule has 152 valence electrons. The Hall–Kier alpha value is -3.39. The summed E-state index contributed by atoms with van der Waals surface area (Å²) in [5.74, 6) is -0.862. The Morgan fingerprint density at radius 3 is 2.38 bits per heavy atom. The number of hydrogen-bond acceptors (Lipinski definition) is 6. The van der Waals surface area contributed by atoms with Crippen molar-refractivity contribution in [2.45, 2.75) is 0 Å². The smallest absolute Gasteiger partial charge is 0.339 e. The van der Waals surface area contributed by atoms with Crippen molar-refractivity contribution >= 4 is 23.5 Å². The molecule has 1 aliphatic heterocycles. The van der Waals surface area contributed by atoms with E-state index in [1.165, 1.54) is 7.11 Å². The topological polar surface area (TPSA) is 94.2 Å². The summed E-state index contributed by atoms with van der Waals surface area (Å²) in [7, 11) is 1.27. The zero-order valence-corrected chi connectivity index (χ0v) is 16.1. The average molecular weight is 398 g/mol. The summed E-state index contributed by atoms with van der Waals surface area (Å²) in [4.78, 5) is 38.6. The fourth-order valence-electron chi connectivity index (χ4n) is 2.92. The van der Waals surface area contributed by atoms with Crippen molar-refractivity contribution in [2.24, 2.45) is 0 Å². The van der Waals surface area contributed by atoms with Gasteiger partial charge in [-0.3, -0.25) is 9.59 Å². The third-order valence-corrected chi connectivity index (χ3v) is 4.38. The van der Waals surface area contributed by atoms with Crippen LogP contribution in [0.2, 0.25) is 0 Å². The van der Waals surface area contributed by atoms with Crippen LogP contribution in [-0.4, -0.2) is 62.7 Å². The van der Waals surface area contributed by atoms with Crippen LogP contribution in [0.25, 0.3) is 0 Å². The highest BCUT2D eigenvalue weighted by molar-refractivity contribution is 6.02. The zero-order chi connectivity index (χ0) is 20.6. The molecule has 0 aromatic heterocycles. The van der Waals surface area contributed by atoms with E-state index in [1.54, 1.807) is 53.4 Å². The van der Waals surface area contributed by atoms with Gasteiger partial charge in [-0.25, -0.2) is 4.79 Å². The molecule has 0 unspecified atom stereocenters. The van der Waals surface area contributed by atoms with Crippen molar-refractivity contribution in [2.75, 3.05) is 45.3 Å². The minimum atomic E-state index is -0.553. The number of anilines is 1. The van der Waals surface area contributed by atoms with Gasteiger partial charge in [-0.2, -0.15) is 0 Å². The van der Waals surface area contributed by atoms with Crippen LogP contribution < -0.4 is 10.1 Å². The lowest BCUT2D eigenvalue weighted by molar-refractivity contribution is -0.118. The van der Waals surface area contributed by atoms with Crippen LogP contribution in [0.15, 0.2) is 48.5 Å². The van der Waals surface area contributed by atoms with E-state index in [-0.39, 0.29) is 18.1 Å². The first-order chi connectivity index (χ1) is 14.1. The Kier molecular flexibility index (Phi) is 6.80. The van der Waals surface area contributed by atoms with Crippen LogP contribution in [0.4, 0.5) is 5.69 Å². The molecular formula is C21H22N2O6. The van der Waals surface area contributed by atoms with Gasteiger partial charge in [0.25, 0.3) is 11.8 Å². The molecule has 1 fully saturated rings. The third kappa shape index (κ3) is 5.11. The van der Waals surface area contributed by atoms with E-state index in [1.807, 2.05) is 0 Å². The normalized spacial score (nSPS) is 13.5. The van der Waals surface area contributed by atoms with Gasteiger partial charge in [0.2, 0.25) is 0 Å². The standard InChI is InChI=1S/C21H22N2O6/c1-27-21(26)15-6-2-4-8-17(15)22-19(24)14-29-18-9-5-3-7-16(18)20(25)23-10-12-28-13-11-23/h2-9H,10-14H2,1H3,(H,22,24). The van der Waals surface area contributed by atoms with Crippen LogP contribution in [-0.2, 0) is 14.3 Å². The van der Waals surface area contributed by atoms with Gasteiger partial charge in [0.05, 0.1) is 37.1 Å². The molecule has 1 heterocycles. The van der Waals surface area contributed by atoms with Crippen LogP contribution in [0.3, 0.4) is 0 Å². The zero-order valence-electron chi connectivity index (χ0n) is 16.1. The number of para-hydroxylation sites is 2. The van der Waals surface area contributed by atoms with E-state index in [2.05, 4.69) is 5.32 Å². The highest BCUT2D eigenvalue weighted by Crippen LogP contribution is 2.21. The number of esters is 1. The molecule has 1 saturated heterocycles. The van der Waals surface area contributed by atoms with Gasteiger partial charge in [-0.05, 0) is 24.3 Å². The summed E-state index contributed by atoms with van der Waals surface area (Å²) in [5, 5.41) is 2.63. The summed E-state index contributed by atoms with van der Waals surface area (Å²) < 4.78 is 15.6. The second-order valence-electron chi connectivity index (χ2n) is 6.27. The molecular weight excluding hydrogens is 376 g/mol. The lowest BCUT2D eigenvalue weighted by Gasteiger charge is -2.27. The van der Waals surface area contributed by atoms with E-state index in [4.69, 9.17) is 14.2 Å². The summed E-state index contributed by atoms with van der Waals surface area (Å²) in [6.45, 7) is 1.70. The van der Waals surface area contributed by atoms with Gasteiger partial charge in [-0.15, -0.1) is 0 Å². The molecule has 2 amide bonds. The molecule has 29 heavy (non-hydrogen) atoms. The highest BCUT2D eigenvalue weighted by atomic mass is 16.5. The molecule has 1 aliphatic rings. The van der Waals surface area contributed by atoms with Crippen LogP contribution in [0.5, 0.6) is 5.75 Å². The minimum absolute atomic E-state index is 0.166. The predicted octanol–water partition coefficient (Wildman–Crippen LogP) is 1.96. The van der Waals surface area contributed by atoms with E-state index >= 15 is 0 Å². The molecule has 0 aliphatic carbocycles. The number of carbonyl (C=O) groups is 3. The highest BCUT2D eigenvalue weighted by Gasteiger charge is 2.22. The Labute approximate surface area is 168 Å². The third-order valence-electron chi connectivity index (χ3n) is 4.38. The molecule has 0 atom stereocenters. The fraction of sp³-hybridized carbons (Fsp3) is 0.286. The molecule has 0 radical (unpaired) electrons. The Morgan fingerprint density at radius 1 is 1.00 bits per heavy atom. The Balaban J connectivity index is 1.66. The second-order valence-corrected chi connectivity index (χ2v) is 6.27. The van der Waals surface area contributed by atoms with Crippen molar-refractivity contribution in [3.8, 4) is 5.75 Å². The maximum absolute atomic E-state index is 12.7. The van der Waals surface area contributed by atoms with Gasteiger partial charge in [-0.1, -0.05) is 24.3 Å². The fourth-order valence-corrected chi connectivity index (χ4v) is 2.92. The summed E-state index contributed by atoms with van der Waals surface area (Å²) in [6.07, 6.45) is 0. The van der Waals surface area contributed by atoms with Gasteiger partial charge in [0.15, 0.2) is 6.61 Å². The van der Waals surface area contributed by atoms with Gasteiger partial charge in [0, 0.05) is 13.1 Å².